The first-order valence-corrected chi connectivity index (χ1v) is 22.3. The molecule has 0 atom stereocenters. The van der Waals surface area contributed by atoms with E-state index in [9.17, 15) is 0 Å². The lowest BCUT2D eigenvalue weighted by Crippen LogP contribution is -2.02. The molecule has 308 valence electrons. The normalized spacial score (nSPS) is 11.6. The summed E-state index contributed by atoms with van der Waals surface area (Å²) in [5, 5.41) is 6.94. The van der Waals surface area contributed by atoms with Gasteiger partial charge in [0.1, 0.15) is 11.2 Å². The van der Waals surface area contributed by atoms with E-state index >= 15 is 0 Å². The third-order valence-corrected chi connectivity index (χ3v) is 12.9. The second-order valence-corrected chi connectivity index (χ2v) is 16.8. The van der Waals surface area contributed by atoms with Crippen molar-refractivity contribution in [3.8, 4) is 73.2 Å². The molecule has 3 heterocycles. The molecular weight excluding hydrogens is 805 g/mol. The van der Waals surface area contributed by atoms with Crippen molar-refractivity contribution in [3.05, 3.63) is 231 Å². The molecule has 13 aromatic rings. The molecule has 3 aromatic heterocycles. The van der Waals surface area contributed by atoms with Crippen LogP contribution in [0.4, 0.5) is 0 Å². The third-order valence-electron chi connectivity index (χ3n) is 12.9. The lowest BCUT2D eigenvalue weighted by Gasteiger charge is -2.16. The van der Waals surface area contributed by atoms with Crippen LogP contribution < -0.4 is 0 Å². The van der Waals surface area contributed by atoms with Gasteiger partial charge in [0.15, 0.2) is 17.5 Å². The Morgan fingerprint density at radius 3 is 1.52 bits per heavy atom. The molecule has 0 aliphatic heterocycles. The van der Waals surface area contributed by atoms with Gasteiger partial charge >= 0.3 is 0 Å². The van der Waals surface area contributed by atoms with Gasteiger partial charge < -0.3 is 8.98 Å². The first-order chi connectivity index (χ1) is 32.7. The van der Waals surface area contributed by atoms with Crippen LogP contribution in [0, 0.1) is 0 Å². The second-order valence-electron chi connectivity index (χ2n) is 16.8. The van der Waals surface area contributed by atoms with Crippen molar-refractivity contribution in [2.24, 2.45) is 0 Å². The number of aromatic nitrogens is 4. The Hall–Kier alpha value is -8.93. The second kappa shape index (κ2) is 15.4. The molecule has 0 radical (unpaired) electrons. The Morgan fingerprint density at radius 2 is 0.833 bits per heavy atom. The molecule has 0 amide bonds. The molecule has 0 saturated heterocycles. The quantitative estimate of drug-likeness (QED) is 0.160. The summed E-state index contributed by atoms with van der Waals surface area (Å²) in [5.41, 5.74) is 14.1. The highest BCUT2D eigenvalue weighted by Crippen LogP contribution is 2.43. The minimum Gasteiger partial charge on any atom is -0.455 e. The summed E-state index contributed by atoms with van der Waals surface area (Å²) in [4.78, 5) is 15.9. The number of hydrogen-bond donors (Lipinski definition) is 0. The maximum absolute atomic E-state index is 6.77. The summed E-state index contributed by atoms with van der Waals surface area (Å²) >= 11 is 0. The SMILES string of the molecule is c1ccc(-c2ccc(-c3nc(-c4ccc(-c5ccccc5)cc4)nc(-c4ccc(-n5c6ccccc6c6cc7ccccc7cc65)cc4-c4cccc5c4oc4ccccc45)n3)cc2)cc1. The van der Waals surface area contributed by atoms with E-state index < -0.39 is 0 Å². The summed E-state index contributed by atoms with van der Waals surface area (Å²) in [6.45, 7) is 0. The Balaban J connectivity index is 1.05. The molecule has 5 heteroatoms. The van der Waals surface area contributed by atoms with Crippen molar-refractivity contribution in [2.75, 3.05) is 0 Å². The van der Waals surface area contributed by atoms with Crippen LogP contribution in [0.3, 0.4) is 0 Å². The maximum Gasteiger partial charge on any atom is 0.164 e. The standard InChI is InChI=1S/C61H38N4O/c1-3-14-39(15-4-1)41-26-30-43(31-27-41)59-62-60(44-32-28-42(29-33-44)40-16-5-2-6-17-40)64-61(63-59)52-35-34-47(38-53(52)51-23-13-22-50-49-21-10-12-25-57(49)66-58(50)51)65-55-24-11-9-20-48(55)54-36-45-18-7-8-19-46(45)37-56(54)65/h1-38H. The first-order valence-electron chi connectivity index (χ1n) is 22.3. The Labute approximate surface area is 380 Å². The van der Waals surface area contributed by atoms with Crippen LogP contribution in [0.25, 0.3) is 128 Å². The van der Waals surface area contributed by atoms with Gasteiger partial charge in [-0.1, -0.05) is 188 Å². The van der Waals surface area contributed by atoms with Crippen LogP contribution in [0.2, 0.25) is 0 Å². The Kier molecular flexibility index (Phi) is 8.78. The van der Waals surface area contributed by atoms with Gasteiger partial charge in [0.05, 0.1) is 11.0 Å². The number of nitrogens with zero attached hydrogens (tertiary/aromatic N) is 4. The van der Waals surface area contributed by atoms with E-state index in [1.165, 1.54) is 21.5 Å². The highest BCUT2D eigenvalue weighted by molar-refractivity contribution is 6.14. The number of para-hydroxylation sites is 3. The Morgan fingerprint density at radius 1 is 0.303 bits per heavy atom. The highest BCUT2D eigenvalue weighted by atomic mass is 16.3. The van der Waals surface area contributed by atoms with Crippen molar-refractivity contribution in [1.29, 1.82) is 0 Å². The van der Waals surface area contributed by atoms with E-state index in [0.29, 0.717) is 17.5 Å². The molecule has 10 aromatic carbocycles. The highest BCUT2D eigenvalue weighted by Gasteiger charge is 2.22. The molecular formula is C61H38N4O. The van der Waals surface area contributed by atoms with Crippen molar-refractivity contribution in [3.63, 3.8) is 0 Å². The van der Waals surface area contributed by atoms with Gasteiger partial charge in [-0.2, -0.15) is 0 Å². The van der Waals surface area contributed by atoms with Crippen molar-refractivity contribution >= 4 is 54.5 Å². The summed E-state index contributed by atoms with van der Waals surface area (Å²) in [6.07, 6.45) is 0. The average molecular weight is 843 g/mol. The average Bonchev–Trinajstić information content (AvgIpc) is 3.94. The van der Waals surface area contributed by atoms with Gasteiger partial charge in [0.25, 0.3) is 0 Å². The molecule has 0 bridgehead atoms. The van der Waals surface area contributed by atoms with E-state index in [1.807, 2.05) is 24.3 Å². The van der Waals surface area contributed by atoms with Gasteiger partial charge in [-0.15, -0.1) is 0 Å². The largest absolute Gasteiger partial charge is 0.455 e. The van der Waals surface area contributed by atoms with Crippen molar-refractivity contribution < 1.29 is 4.42 Å². The fourth-order valence-electron chi connectivity index (χ4n) is 9.62. The molecule has 0 unspecified atom stereocenters. The van der Waals surface area contributed by atoms with E-state index in [2.05, 4.69) is 211 Å². The van der Waals surface area contributed by atoms with Crippen LogP contribution in [0.1, 0.15) is 0 Å². The Bertz CT molecular complexity index is 3860. The number of furan rings is 1. The number of benzene rings is 10. The van der Waals surface area contributed by atoms with Gasteiger partial charge in [0.2, 0.25) is 0 Å². The zero-order chi connectivity index (χ0) is 43.6. The van der Waals surface area contributed by atoms with Gasteiger partial charge in [-0.3, -0.25) is 0 Å². The fraction of sp³-hybridized carbons (Fsp3) is 0. The lowest BCUT2D eigenvalue weighted by molar-refractivity contribution is 0.670. The summed E-state index contributed by atoms with van der Waals surface area (Å²) in [7, 11) is 0. The van der Waals surface area contributed by atoms with Gasteiger partial charge in [-0.25, -0.2) is 15.0 Å². The lowest BCUT2D eigenvalue weighted by atomic mass is 9.96. The minimum absolute atomic E-state index is 0.567. The van der Waals surface area contributed by atoms with E-state index in [-0.39, 0.29) is 0 Å². The number of fused-ring (bicyclic) bond motifs is 7. The van der Waals surface area contributed by atoms with Crippen molar-refractivity contribution in [1.82, 2.24) is 19.5 Å². The fourth-order valence-corrected chi connectivity index (χ4v) is 9.62. The molecule has 0 aliphatic rings. The first kappa shape index (κ1) is 37.6. The van der Waals surface area contributed by atoms with Crippen LogP contribution in [-0.4, -0.2) is 19.5 Å². The van der Waals surface area contributed by atoms with E-state index in [1.54, 1.807) is 0 Å². The predicted molar refractivity (Wildman–Crippen MR) is 272 cm³/mol. The number of rotatable bonds is 7. The number of hydrogen-bond acceptors (Lipinski definition) is 4. The topological polar surface area (TPSA) is 56.7 Å². The van der Waals surface area contributed by atoms with Crippen LogP contribution in [0.15, 0.2) is 235 Å². The zero-order valence-electron chi connectivity index (χ0n) is 35.6. The summed E-state index contributed by atoms with van der Waals surface area (Å²) < 4.78 is 9.15. The van der Waals surface area contributed by atoms with Gasteiger partial charge in [-0.05, 0) is 81.1 Å². The van der Waals surface area contributed by atoms with Crippen LogP contribution in [-0.2, 0) is 0 Å². The molecule has 0 spiro atoms. The maximum atomic E-state index is 6.77. The molecule has 5 nitrogen and oxygen atoms in total. The zero-order valence-corrected chi connectivity index (χ0v) is 35.6. The minimum atomic E-state index is 0.567. The smallest absolute Gasteiger partial charge is 0.164 e. The molecule has 0 N–H and O–H groups in total. The molecule has 13 rings (SSSR count). The molecule has 0 fully saturated rings. The third kappa shape index (κ3) is 6.36. The molecule has 0 aliphatic carbocycles. The van der Waals surface area contributed by atoms with E-state index in [0.717, 1.165) is 88.7 Å². The molecule has 66 heavy (non-hydrogen) atoms. The summed E-state index contributed by atoms with van der Waals surface area (Å²) in [5.74, 6) is 1.75. The van der Waals surface area contributed by atoms with Crippen LogP contribution >= 0.6 is 0 Å². The van der Waals surface area contributed by atoms with Crippen molar-refractivity contribution in [2.45, 2.75) is 0 Å². The molecule has 0 saturated carbocycles. The summed E-state index contributed by atoms with van der Waals surface area (Å²) in [6, 6.07) is 81.1. The predicted octanol–water partition coefficient (Wildman–Crippen LogP) is 16.0. The van der Waals surface area contributed by atoms with Gasteiger partial charge in [0, 0.05) is 49.5 Å². The van der Waals surface area contributed by atoms with E-state index in [4.69, 9.17) is 19.4 Å². The monoisotopic (exact) mass is 842 g/mol. The van der Waals surface area contributed by atoms with Crippen LogP contribution in [0.5, 0.6) is 0 Å².